The van der Waals surface area contributed by atoms with Crippen LogP contribution in [0.1, 0.15) is 32.2 Å². The van der Waals surface area contributed by atoms with Crippen LogP contribution in [0, 0.1) is 11.8 Å². The van der Waals surface area contributed by atoms with E-state index in [1.54, 1.807) is 31.4 Å². The molecule has 0 N–H and O–H groups in total. The second-order valence-electron chi connectivity index (χ2n) is 8.36. The van der Waals surface area contributed by atoms with Gasteiger partial charge in [0.2, 0.25) is 0 Å². The van der Waals surface area contributed by atoms with Crippen LogP contribution in [0.3, 0.4) is 0 Å². The third kappa shape index (κ3) is 3.03. The number of hydrogen-bond acceptors (Lipinski definition) is 5. The lowest BCUT2D eigenvalue weighted by molar-refractivity contribution is 0.0337. The third-order valence-electron chi connectivity index (χ3n) is 6.57. The first-order chi connectivity index (χ1) is 14.5. The topological polar surface area (TPSA) is 59.1 Å². The number of carbonyl (C=O) groups is 2. The molecule has 1 fully saturated rings. The minimum absolute atomic E-state index is 0.133. The Bertz CT molecular complexity index is 1000. The van der Waals surface area contributed by atoms with E-state index in [0.717, 1.165) is 34.6 Å². The number of fused-ring (bicyclic) bond motifs is 4. The van der Waals surface area contributed by atoms with E-state index in [1.165, 1.54) is 4.90 Å². The molecular formula is C23H23BrN2O4. The predicted molar refractivity (Wildman–Crippen MR) is 115 cm³/mol. The zero-order valence-electron chi connectivity index (χ0n) is 16.9. The number of ether oxygens (including phenoxy) is 2. The SMILES string of the molecule is COc1cc(Br)c2c(c1)[C@@H]1CN(C)C[C@H](CN3C(=O)c4ccccc4C3=O)[C@H]1CO2. The summed E-state index contributed by atoms with van der Waals surface area (Å²) in [5.41, 5.74) is 2.13. The molecule has 2 aromatic rings. The van der Waals surface area contributed by atoms with Gasteiger partial charge in [-0.05, 0) is 53.2 Å². The van der Waals surface area contributed by atoms with Gasteiger partial charge in [-0.1, -0.05) is 12.1 Å². The molecule has 156 valence electrons. The van der Waals surface area contributed by atoms with Gasteiger partial charge in [0, 0.05) is 37.0 Å². The Hall–Kier alpha value is -2.38. The van der Waals surface area contributed by atoms with Crippen molar-refractivity contribution in [3.8, 4) is 11.5 Å². The Morgan fingerprint density at radius 3 is 2.50 bits per heavy atom. The van der Waals surface area contributed by atoms with E-state index in [1.807, 2.05) is 6.07 Å². The number of nitrogens with zero attached hydrogens (tertiary/aromatic N) is 2. The molecular weight excluding hydrogens is 448 g/mol. The Morgan fingerprint density at radius 2 is 1.83 bits per heavy atom. The fourth-order valence-corrected chi connectivity index (χ4v) is 5.71. The highest BCUT2D eigenvalue weighted by atomic mass is 79.9. The summed E-state index contributed by atoms with van der Waals surface area (Å²) in [6, 6.07) is 11.0. The maximum Gasteiger partial charge on any atom is 0.261 e. The van der Waals surface area contributed by atoms with Crippen molar-refractivity contribution < 1.29 is 19.1 Å². The minimum Gasteiger partial charge on any atom is -0.497 e. The molecule has 3 aliphatic rings. The van der Waals surface area contributed by atoms with E-state index in [2.05, 4.69) is 33.9 Å². The van der Waals surface area contributed by atoms with E-state index >= 15 is 0 Å². The second kappa shape index (κ2) is 7.39. The molecule has 0 spiro atoms. The number of halogens is 1. The molecule has 0 aromatic heterocycles. The fraction of sp³-hybridized carbons (Fsp3) is 0.391. The number of likely N-dealkylation sites (N-methyl/N-ethyl adjacent to an activating group) is 1. The maximum atomic E-state index is 12.9. The van der Waals surface area contributed by atoms with Crippen LogP contribution in [0.15, 0.2) is 40.9 Å². The van der Waals surface area contributed by atoms with Crippen molar-refractivity contribution >= 4 is 27.7 Å². The van der Waals surface area contributed by atoms with Crippen LogP contribution in [0.5, 0.6) is 11.5 Å². The Morgan fingerprint density at radius 1 is 1.13 bits per heavy atom. The van der Waals surface area contributed by atoms with Gasteiger partial charge >= 0.3 is 0 Å². The summed E-state index contributed by atoms with van der Waals surface area (Å²) in [6.45, 7) is 2.70. The molecule has 6 nitrogen and oxygen atoms in total. The molecule has 0 aliphatic carbocycles. The number of amides is 2. The highest BCUT2D eigenvalue weighted by Gasteiger charge is 2.45. The number of carbonyl (C=O) groups excluding carboxylic acids is 2. The molecule has 2 amide bonds. The lowest BCUT2D eigenvalue weighted by atomic mass is 9.73. The van der Waals surface area contributed by atoms with Crippen molar-refractivity contribution in [2.75, 3.05) is 40.4 Å². The zero-order valence-corrected chi connectivity index (χ0v) is 18.5. The van der Waals surface area contributed by atoms with Gasteiger partial charge in [0.1, 0.15) is 11.5 Å². The second-order valence-corrected chi connectivity index (χ2v) is 9.21. The van der Waals surface area contributed by atoms with Gasteiger partial charge < -0.3 is 14.4 Å². The van der Waals surface area contributed by atoms with Crippen LogP contribution in [0.25, 0.3) is 0 Å². The first-order valence-corrected chi connectivity index (χ1v) is 10.9. The first kappa shape index (κ1) is 19.6. The number of likely N-dealkylation sites (tertiary alicyclic amines) is 1. The zero-order chi connectivity index (χ0) is 21.0. The average molecular weight is 471 g/mol. The Kier molecular flexibility index (Phi) is 4.82. The van der Waals surface area contributed by atoms with Crippen LogP contribution in [-0.2, 0) is 0 Å². The minimum atomic E-state index is -0.193. The van der Waals surface area contributed by atoms with Crippen LogP contribution >= 0.6 is 15.9 Å². The molecule has 7 heteroatoms. The molecule has 3 aliphatic heterocycles. The van der Waals surface area contributed by atoms with Crippen molar-refractivity contribution in [2.45, 2.75) is 5.92 Å². The van der Waals surface area contributed by atoms with E-state index in [0.29, 0.717) is 24.3 Å². The summed E-state index contributed by atoms with van der Waals surface area (Å²) in [4.78, 5) is 29.5. The molecule has 0 saturated carbocycles. The van der Waals surface area contributed by atoms with Gasteiger partial charge in [0.25, 0.3) is 11.8 Å². The summed E-state index contributed by atoms with van der Waals surface area (Å²) in [7, 11) is 3.75. The quantitative estimate of drug-likeness (QED) is 0.643. The lowest BCUT2D eigenvalue weighted by Gasteiger charge is -2.46. The summed E-state index contributed by atoms with van der Waals surface area (Å²) < 4.78 is 12.5. The van der Waals surface area contributed by atoms with Crippen molar-refractivity contribution in [2.24, 2.45) is 11.8 Å². The summed E-state index contributed by atoms with van der Waals surface area (Å²) in [6.07, 6.45) is 0. The largest absolute Gasteiger partial charge is 0.497 e. The first-order valence-electron chi connectivity index (χ1n) is 10.1. The van der Waals surface area contributed by atoms with E-state index in [9.17, 15) is 9.59 Å². The van der Waals surface area contributed by atoms with Gasteiger partial charge in [-0.15, -0.1) is 0 Å². The number of piperidine rings is 1. The average Bonchev–Trinajstić information content (AvgIpc) is 2.98. The van der Waals surface area contributed by atoms with Crippen LogP contribution in [-0.4, -0.2) is 62.0 Å². The summed E-state index contributed by atoms with van der Waals surface area (Å²) >= 11 is 3.61. The normalized spacial score (nSPS) is 25.4. The highest BCUT2D eigenvalue weighted by molar-refractivity contribution is 9.10. The fourth-order valence-electron chi connectivity index (χ4n) is 5.14. The number of rotatable bonds is 3. The van der Waals surface area contributed by atoms with E-state index < -0.39 is 0 Å². The van der Waals surface area contributed by atoms with Gasteiger partial charge in [-0.2, -0.15) is 0 Å². The number of hydrogen-bond donors (Lipinski definition) is 0. The van der Waals surface area contributed by atoms with Crippen molar-refractivity contribution in [1.82, 2.24) is 9.80 Å². The lowest BCUT2D eigenvalue weighted by Crippen LogP contribution is -2.51. The van der Waals surface area contributed by atoms with Crippen molar-refractivity contribution in [3.05, 3.63) is 57.6 Å². The molecule has 0 bridgehead atoms. The summed E-state index contributed by atoms with van der Waals surface area (Å²) in [5, 5.41) is 0. The standard InChI is InChI=1S/C23H23BrN2O4/c1-25-9-13(10-26-22(27)15-5-3-4-6-16(15)23(26)28)19-12-30-21-17(18(19)11-25)7-14(29-2)8-20(21)24/h3-8,13,18-19H,9-12H2,1-2H3/t13-,18+,19-/m1/s1. The van der Waals surface area contributed by atoms with E-state index in [-0.39, 0.29) is 29.6 Å². The van der Waals surface area contributed by atoms with Crippen LogP contribution in [0.2, 0.25) is 0 Å². The van der Waals surface area contributed by atoms with Gasteiger partial charge in [-0.3, -0.25) is 14.5 Å². The third-order valence-corrected chi connectivity index (χ3v) is 7.16. The molecule has 1 saturated heterocycles. The number of imide groups is 1. The molecule has 0 unspecified atom stereocenters. The van der Waals surface area contributed by atoms with E-state index in [4.69, 9.17) is 9.47 Å². The maximum absolute atomic E-state index is 12.9. The molecule has 2 aromatic carbocycles. The Labute approximate surface area is 183 Å². The van der Waals surface area contributed by atoms with Crippen molar-refractivity contribution in [3.63, 3.8) is 0 Å². The highest BCUT2D eigenvalue weighted by Crippen LogP contribution is 2.48. The molecule has 3 atom stereocenters. The molecule has 30 heavy (non-hydrogen) atoms. The monoisotopic (exact) mass is 470 g/mol. The Balaban J connectivity index is 1.45. The number of benzene rings is 2. The van der Waals surface area contributed by atoms with Crippen LogP contribution < -0.4 is 9.47 Å². The van der Waals surface area contributed by atoms with Gasteiger partial charge in [0.15, 0.2) is 0 Å². The smallest absolute Gasteiger partial charge is 0.261 e. The van der Waals surface area contributed by atoms with Crippen LogP contribution in [0.4, 0.5) is 0 Å². The van der Waals surface area contributed by atoms with Gasteiger partial charge in [-0.25, -0.2) is 0 Å². The molecule has 3 heterocycles. The number of methoxy groups -OCH3 is 1. The van der Waals surface area contributed by atoms with Crippen molar-refractivity contribution in [1.29, 1.82) is 0 Å². The predicted octanol–water partition coefficient (Wildman–Crippen LogP) is 3.41. The van der Waals surface area contributed by atoms with Gasteiger partial charge in [0.05, 0.1) is 29.3 Å². The molecule has 0 radical (unpaired) electrons. The summed E-state index contributed by atoms with van der Waals surface area (Å²) in [5.74, 6) is 1.87. The molecule has 5 rings (SSSR count).